The highest BCUT2D eigenvalue weighted by atomic mass is 16.4. The van der Waals surface area contributed by atoms with Gasteiger partial charge in [0.2, 0.25) is 5.91 Å². The molecule has 1 amide bonds. The second-order valence-corrected chi connectivity index (χ2v) is 2.86. The van der Waals surface area contributed by atoms with Gasteiger partial charge in [-0.1, -0.05) is 0 Å². The zero-order valence-corrected chi connectivity index (χ0v) is 8.19. The Balaban J connectivity index is 2.44. The van der Waals surface area contributed by atoms with E-state index in [4.69, 9.17) is 9.52 Å². The molecule has 0 aliphatic carbocycles. The molecule has 1 aromatic heterocycles. The number of carbonyl (C=O) groups excluding carboxylic acids is 1. The summed E-state index contributed by atoms with van der Waals surface area (Å²) in [5.41, 5.74) is 0. The molecule has 1 aromatic rings. The third-order valence-corrected chi connectivity index (χ3v) is 1.81. The molecule has 6 nitrogen and oxygen atoms in total. The van der Waals surface area contributed by atoms with Gasteiger partial charge in [0.25, 0.3) is 0 Å². The van der Waals surface area contributed by atoms with Gasteiger partial charge >= 0.3 is 5.97 Å². The minimum atomic E-state index is -1.24. The second kappa shape index (κ2) is 5.16. The van der Waals surface area contributed by atoms with Crippen molar-refractivity contribution in [3.05, 3.63) is 24.2 Å². The summed E-state index contributed by atoms with van der Waals surface area (Å²) in [6.07, 6.45) is 1.48. The van der Waals surface area contributed by atoms with Crippen LogP contribution in [0.1, 0.15) is 5.76 Å². The number of nitrogens with one attached hydrogen (secondary N) is 2. The summed E-state index contributed by atoms with van der Waals surface area (Å²) in [5.74, 6) is -1.24. The normalized spacial score (nSPS) is 12.1. The Labute approximate surface area is 86.3 Å². The smallest absolute Gasteiger partial charge is 0.330 e. The zero-order valence-electron chi connectivity index (χ0n) is 8.19. The molecule has 0 aliphatic rings. The Kier molecular flexibility index (Phi) is 3.87. The fraction of sp³-hybridized carbons (Fsp3) is 0.333. The van der Waals surface area contributed by atoms with Crippen LogP contribution in [0.15, 0.2) is 22.8 Å². The highest BCUT2D eigenvalue weighted by Gasteiger charge is 2.23. The van der Waals surface area contributed by atoms with Crippen molar-refractivity contribution in [2.24, 2.45) is 0 Å². The van der Waals surface area contributed by atoms with Crippen LogP contribution in [-0.2, 0) is 16.1 Å². The van der Waals surface area contributed by atoms with Crippen molar-refractivity contribution in [2.45, 2.75) is 12.6 Å². The standard InChI is InChI=1S/C9H12N2O4/c1-10-7(9(13)14)8(12)11-5-6-3-2-4-15-6/h2-4,7,10H,5H2,1H3,(H,11,12)(H,13,14). The van der Waals surface area contributed by atoms with E-state index >= 15 is 0 Å². The van der Waals surface area contributed by atoms with Crippen molar-refractivity contribution in [2.75, 3.05) is 7.05 Å². The average Bonchev–Trinajstić information content (AvgIpc) is 2.67. The first-order chi connectivity index (χ1) is 7.15. The molecule has 0 aromatic carbocycles. The third kappa shape index (κ3) is 3.10. The Morgan fingerprint density at radius 3 is 2.80 bits per heavy atom. The fourth-order valence-corrected chi connectivity index (χ4v) is 1.06. The highest BCUT2D eigenvalue weighted by molar-refractivity contribution is 6.01. The molecule has 3 N–H and O–H groups in total. The number of carboxylic acids is 1. The van der Waals surface area contributed by atoms with Gasteiger partial charge in [-0.15, -0.1) is 0 Å². The van der Waals surface area contributed by atoms with E-state index in [0.29, 0.717) is 5.76 Å². The lowest BCUT2D eigenvalue weighted by Gasteiger charge is -2.10. The van der Waals surface area contributed by atoms with Crippen LogP contribution in [0.3, 0.4) is 0 Å². The zero-order chi connectivity index (χ0) is 11.3. The molecule has 1 rings (SSSR count). The molecule has 0 saturated carbocycles. The molecule has 0 spiro atoms. The number of aliphatic carboxylic acids is 1. The molecular formula is C9H12N2O4. The number of hydrogen-bond donors (Lipinski definition) is 3. The number of amides is 1. The molecule has 1 heterocycles. The molecule has 1 unspecified atom stereocenters. The van der Waals surface area contributed by atoms with Crippen LogP contribution in [0.25, 0.3) is 0 Å². The molecule has 15 heavy (non-hydrogen) atoms. The maximum absolute atomic E-state index is 11.3. The first-order valence-electron chi connectivity index (χ1n) is 4.35. The molecule has 0 radical (unpaired) electrons. The molecule has 1 atom stereocenters. The monoisotopic (exact) mass is 212 g/mol. The summed E-state index contributed by atoms with van der Waals surface area (Å²) < 4.78 is 4.98. The Morgan fingerprint density at radius 2 is 2.33 bits per heavy atom. The van der Waals surface area contributed by atoms with Gasteiger partial charge in [0, 0.05) is 0 Å². The summed E-state index contributed by atoms with van der Waals surface area (Å²) in [6.45, 7) is 0.178. The van der Waals surface area contributed by atoms with Crippen molar-refractivity contribution in [3.63, 3.8) is 0 Å². The van der Waals surface area contributed by atoms with E-state index in [2.05, 4.69) is 10.6 Å². The van der Waals surface area contributed by atoms with Crippen molar-refractivity contribution in [3.8, 4) is 0 Å². The molecule has 0 bridgehead atoms. The maximum Gasteiger partial charge on any atom is 0.330 e. The van der Waals surface area contributed by atoms with E-state index in [1.807, 2.05) is 0 Å². The largest absolute Gasteiger partial charge is 0.480 e. The summed E-state index contributed by atoms with van der Waals surface area (Å²) in [4.78, 5) is 21.9. The van der Waals surface area contributed by atoms with Crippen LogP contribution in [0, 0.1) is 0 Å². The number of hydrogen-bond acceptors (Lipinski definition) is 4. The highest BCUT2D eigenvalue weighted by Crippen LogP contribution is 1.98. The number of carboxylic acid groups (broad SMARTS) is 1. The van der Waals surface area contributed by atoms with E-state index < -0.39 is 17.9 Å². The molecule has 0 saturated heterocycles. The van der Waals surface area contributed by atoms with Gasteiger partial charge in [-0.3, -0.25) is 10.1 Å². The van der Waals surface area contributed by atoms with Gasteiger partial charge in [0.05, 0.1) is 12.8 Å². The van der Waals surface area contributed by atoms with Crippen LogP contribution in [0.4, 0.5) is 0 Å². The van der Waals surface area contributed by atoms with Crippen LogP contribution in [-0.4, -0.2) is 30.1 Å². The second-order valence-electron chi connectivity index (χ2n) is 2.86. The first-order valence-corrected chi connectivity index (χ1v) is 4.35. The number of furan rings is 1. The molecule has 82 valence electrons. The van der Waals surface area contributed by atoms with E-state index in [1.54, 1.807) is 12.1 Å². The van der Waals surface area contributed by atoms with E-state index in [-0.39, 0.29) is 6.54 Å². The van der Waals surface area contributed by atoms with E-state index in [9.17, 15) is 9.59 Å². The van der Waals surface area contributed by atoms with Crippen LogP contribution < -0.4 is 10.6 Å². The Morgan fingerprint density at radius 1 is 1.60 bits per heavy atom. The lowest BCUT2D eigenvalue weighted by molar-refractivity contribution is -0.143. The summed E-state index contributed by atoms with van der Waals surface area (Å²) in [6, 6.07) is 2.14. The predicted molar refractivity (Wildman–Crippen MR) is 51.0 cm³/mol. The van der Waals surface area contributed by atoms with Crippen molar-refractivity contribution in [1.82, 2.24) is 10.6 Å². The molecule has 0 fully saturated rings. The van der Waals surface area contributed by atoms with Crippen molar-refractivity contribution in [1.29, 1.82) is 0 Å². The van der Waals surface area contributed by atoms with Gasteiger partial charge in [-0.05, 0) is 19.2 Å². The number of likely N-dealkylation sites (N-methyl/N-ethyl adjacent to an activating group) is 1. The van der Waals surface area contributed by atoms with Gasteiger partial charge in [-0.25, -0.2) is 4.79 Å². The third-order valence-electron chi connectivity index (χ3n) is 1.81. The SMILES string of the molecule is CNC(C(=O)O)C(=O)NCc1ccco1. The minimum absolute atomic E-state index is 0.178. The summed E-state index contributed by atoms with van der Waals surface area (Å²) >= 11 is 0. The molecular weight excluding hydrogens is 200 g/mol. The lowest BCUT2D eigenvalue weighted by Crippen LogP contribution is -2.47. The van der Waals surface area contributed by atoms with Gasteiger partial charge in [0.15, 0.2) is 6.04 Å². The summed E-state index contributed by atoms with van der Waals surface area (Å²) in [7, 11) is 1.41. The lowest BCUT2D eigenvalue weighted by atomic mass is 10.3. The Hall–Kier alpha value is -1.82. The van der Waals surface area contributed by atoms with Gasteiger partial charge < -0.3 is 14.8 Å². The van der Waals surface area contributed by atoms with Crippen LogP contribution in [0.2, 0.25) is 0 Å². The quantitative estimate of drug-likeness (QED) is 0.576. The topological polar surface area (TPSA) is 91.6 Å². The van der Waals surface area contributed by atoms with E-state index in [0.717, 1.165) is 0 Å². The summed E-state index contributed by atoms with van der Waals surface area (Å²) in [5, 5.41) is 13.5. The number of carbonyl (C=O) groups is 2. The van der Waals surface area contributed by atoms with Crippen molar-refractivity contribution < 1.29 is 19.1 Å². The fourth-order valence-electron chi connectivity index (χ4n) is 1.06. The van der Waals surface area contributed by atoms with Crippen LogP contribution >= 0.6 is 0 Å². The predicted octanol–water partition coefficient (Wildman–Crippen LogP) is -0.432. The van der Waals surface area contributed by atoms with Gasteiger partial charge in [-0.2, -0.15) is 0 Å². The van der Waals surface area contributed by atoms with Gasteiger partial charge in [0.1, 0.15) is 5.76 Å². The maximum atomic E-state index is 11.3. The molecule has 6 heteroatoms. The first kappa shape index (κ1) is 11.3. The molecule has 0 aliphatic heterocycles. The average molecular weight is 212 g/mol. The van der Waals surface area contributed by atoms with E-state index in [1.165, 1.54) is 13.3 Å². The Bertz CT molecular complexity index is 334. The number of rotatable bonds is 5. The van der Waals surface area contributed by atoms with Crippen molar-refractivity contribution >= 4 is 11.9 Å². The minimum Gasteiger partial charge on any atom is -0.480 e. The van der Waals surface area contributed by atoms with Crippen LogP contribution in [0.5, 0.6) is 0 Å².